The van der Waals surface area contributed by atoms with E-state index in [1.54, 1.807) is 6.07 Å². The molecule has 1 N–H and O–H groups in total. The normalized spacial score (nSPS) is 10.2. The van der Waals surface area contributed by atoms with E-state index in [0.717, 1.165) is 4.88 Å². The van der Waals surface area contributed by atoms with E-state index in [1.165, 1.54) is 17.4 Å². The maximum absolute atomic E-state index is 10.7. The highest BCUT2D eigenvalue weighted by Gasteiger charge is 2.11. The molecule has 0 aliphatic heterocycles. The van der Waals surface area contributed by atoms with Crippen molar-refractivity contribution in [3.8, 4) is 10.6 Å². The maximum Gasteiger partial charge on any atom is 0.338 e. The van der Waals surface area contributed by atoms with E-state index in [-0.39, 0.29) is 10.7 Å². The molecule has 0 saturated carbocycles. The lowest BCUT2D eigenvalue weighted by Gasteiger charge is -2.00. The van der Waals surface area contributed by atoms with Crippen LogP contribution in [0, 0.1) is 0 Å². The molecule has 0 amide bonds. The summed E-state index contributed by atoms with van der Waals surface area (Å²) in [6.07, 6.45) is 0. The predicted molar refractivity (Wildman–Crippen MR) is 59.5 cm³/mol. The van der Waals surface area contributed by atoms with E-state index in [9.17, 15) is 4.79 Å². The number of nitrogens with zero attached hydrogens (tertiary/aromatic N) is 1. The van der Waals surface area contributed by atoms with E-state index in [1.807, 2.05) is 17.5 Å². The number of halogens is 1. The fourth-order valence-electron chi connectivity index (χ4n) is 1.16. The van der Waals surface area contributed by atoms with E-state index in [4.69, 9.17) is 16.7 Å². The van der Waals surface area contributed by atoms with Gasteiger partial charge in [-0.3, -0.25) is 0 Å². The van der Waals surface area contributed by atoms with Gasteiger partial charge in [0.05, 0.1) is 16.1 Å². The lowest BCUT2D eigenvalue weighted by atomic mass is 10.2. The lowest BCUT2D eigenvalue weighted by Crippen LogP contribution is -1.99. The molecule has 0 atom stereocenters. The molecule has 3 nitrogen and oxygen atoms in total. The smallest absolute Gasteiger partial charge is 0.338 e. The Hall–Kier alpha value is -1.39. The number of hydrogen-bond acceptors (Lipinski definition) is 3. The first-order valence-corrected chi connectivity index (χ1v) is 5.38. The fraction of sp³-hybridized carbons (Fsp3) is 0. The predicted octanol–water partition coefficient (Wildman–Crippen LogP) is 3.16. The van der Waals surface area contributed by atoms with Crippen LogP contribution in [0.1, 0.15) is 10.4 Å². The summed E-state index contributed by atoms with van der Waals surface area (Å²) in [4.78, 5) is 15.7. The Morgan fingerprint density at radius 2 is 2.20 bits per heavy atom. The molecule has 0 aromatic carbocycles. The van der Waals surface area contributed by atoms with Crippen LogP contribution in [0.3, 0.4) is 0 Å². The van der Waals surface area contributed by atoms with Crippen molar-refractivity contribution in [1.29, 1.82) is 0 Å². The Labute approximate surface area is 95.0 Å². The minimum absolute atomic E-state index is 0.0217. The van der Waals surface area contributed by atoms with Gasteiger partial charge in [0.25, 0.3) is 0 Å². The molecule has 0 aliphatic rings. The number of rotatable bonds is 2. The van der Waals surface area contributed by atoms with Crippen LogP contribution in [0.5, 0.6) is 0 Å². The largest absolute Gasteiger partial charge is 0.478 e. The Balaban J connectivity index is 2.47. The molecule has 2 aromatic heterocycles. The van der Waals surface area contributed by atoms with Gasteiger partial charge in [0, 0.05) is 0 Å². The molecule has 0 fully saturated rings. The molecule has 76 valence electrons. The average molecular weight is 240 g/mol. The molecule has 0 bridgehead atoms. The van der Waals surface area contributed by atoms with Gasteiger partial charge in [0.15, 0.2) is 0 Å². The molecule has 0 unspecified atom stereocenters. The molecule has 0 radical (unpaired) electrons. The van der Waals surface area contributed by atoms with Gasteiger partial charge in [-0.1, -0.05) is 17.7 Å². The van der Waals surface area contributed by atoms with Crippen LogP contribution >= 0.6 is 22.9 Å². The topological polar surface area (TPSA) is 50.2 Å². The summed E-state index contributed by atoms with van der Waals surface area (Å²) in [5.74, 6) is -1.06. The number of carboxylic acid groups (broad SMARTS) is 1. The second-order valence-corrected chi connectivity index (χ2v) is 4.12. The highest BCUT2D eigenvalue weighted by atomic mass is 35.5. The summed E-state index contributed by atoms with van der Waals surface area (Å²) in [7, 11) is 0. The summed E-state index contributed by atoms with van der Waals surface area (Å²) in [6, 6.07) is 6.93. The molecule has 0 saturated heterocycles. The summed E-state index contributed by atoms with van der Waals surface area (Å²) >= 11 is 7.28. The number of carboxylic acids is 1. The quantitative estimate of drug-likeness (QED) is 0.819. The van der Waals surface area contributed by atoms with Crippen molar-refractivity contribution >= 4 is 28.9 Å². The molecule has 15 heavy (non-hydrogen) atoms. The van der Waals surface area contributed by atoms with Crippen molar-refractivity contribution in [3.63, 3.8) is 0 Å². The average Bonchev–Trinajstić information content (AvgIpc) is 2.69. The number of carbonyl (C=O) groups is 1. The van der Waals surface area contributed by atoms with Crippen molar-refractivity contribution in [2.45, 2.75) is 0 Å². The van der Waals surface area contributed by atoms with Crippen LogP contribution < -0.4 is 0 Å². The van der Waals surface area contributed by atoms with E-state index < -0.39 is 5.97 Å². The van der Waals surface area contributed by atoms with E-state index in [2.05, 4.69) is 4.98 Å². The number of hydrogen-bond donors (Lipinski definition) is 1. The lowest BCUT2D eigenvalue weighted by molar-refractivity contribution is 0.0696. The van der Waals surface area contributed by atoms with Gasteiger partial charge in [-0.15, -0.1) is 11.3 Å². The molecule has 2 heterocycles. The summed E-state index contributed by atoms with van der Waals surface area (Å²) in [5.41, 5.74) is 0.719. The number of aromatic carboxylic acids is 1. The fourth-order valence-corrected chi connectivity index (χ4v) is 2.09. The van der Waals surface area contributed by atoms with Gasteiger partial charge in [-0.25, -0.2) is 9.78 Å². The summed E-state index contributed by atoms with van der Waals surface area (Å²) in [5, 5.41) is 10.7. The Kier molecular flexibility index (Phi) is 2.70. The van der Waals surface area contributed by atoms with Crippen LogP contribution in [-0.4, -0.2) is 16.1 Å². The van der Waals surface area contributed by atoms with Crippen LogP contribution in [0.15, 0.2) is 29.6 Å². The second kappa shape index (κ2) is 4.00. The van der Waals surface area contributed by atoms with Crippen molar-refractivity contribution in [3.05, 3.63) is 40.4 Å². The minimum atomic E-state index is -1.06. The number of aromatic nitrogens is 1. The molecule has 5 heteroatoms. The summed E-state index contributed by atoms with van der Waals surface area (Å²) < 4.78 is 0. The molecule has 0 spiro atoms. The number of pyridine rings is 1. The first-order valence-electron chi connectivity index (χ1n) is 4.12. The second-order valence-electron chi connectivity index (χ2n) is 2.82. The van der Waals surface area contributed by atoms with Gasteiger partial charge >= 0.3 is 5.97 Å². The van der Waals surface area contributed by atoms with Gasteiger partial charge in [0.1, 0.15) is 5.15 Å². The van der Waals surface area contributed by atoms with Crippen LogP contribution in [0.25, 0.3) is 10.6 Å². The highest BCUT2D eigenvalue weighted by Crippen LogP contribution is 2.25. The zero-order valence-electron chi connectivity index (χ0n) is 7.48. The Bertz CT molecular complexity index is 496. The first-order chi connectivity index (χ1) is 7.18. The standard InChI is InChI=1S/C10H6ClNO2S/c11-9-6(10(13)14)3-4-7(12-9)8-2-1-5-15-8/h1-5H,(H,13,14). The van der Waals surface area contributed by atoms with Crippen molar-refractivity contribution in [2.24, 2.45) is 0 Å². The SMILES string of the molecule is O=C(O)c1ccc(-c2cccs2)nc1Cl. The van der Waals surface area contributed by atoms with Gasteiger partial charge in [-0.2, -0.15) is 0 Å². The monoisotopic (exact) mass is 239 g/mol. The molecular formula is C10H6ClNO2S. The minimum Gasteiger partial charge on any atom is -0.478 e. The zero-order valence-corrected chi connectivity index (χ0v) is 9.05. The zero-order chi connectivity index (χ0) is 10.8. The molecular weight excluding hydrogens is 234 g/mol. The van der Waals surface area contributed by atoms with E-state index in [0.29, 0.717) is 5.69 Å². The van der Waals surface area contributed by atoms with Gasteiger partial charge in [0.2, 0.25) is 0 Å². The van der Waals surface area contributed by atoms with Gasteiger partial charge < -0.3 is 5.11 Å². The van der Waals surface area contributed by atoms with Gasteiger partial charge in [-0.05, 0) is 23.6 Å². The molecule has 2 rings (SSSR count). The van der Waals surface area contributed by atoms with Crippen LogP contribution in [0.4, 0.5) is 0 Å². The Morgan fingerprint density at radius 3 is 2.73 bits per heavy atom. The first kappa shape index (κ1) is 10.1. The van der Waals surface area contributed by atoms with E-state index >= 15 is 0 Å². The highest BCUT2D eigenvalue weighted by molar-refractivity contribution is 7.13. The van der Waals surface area contributed by atoms with Crippen LogP contribution in [-0.2, 0) is 0 Å². The third-order valence-electron chi connectivity index (χ3n) is 1.85. The number of thiophene rings is 1. The maximum atomic E-state index is 10.7. The Morgan fingerprint density at radius 1 is 1.40 bits per heavy atom. The molecule has 2 aromatic rings. The molecule has 0 aliphatic carbocycles. The third kappa shape index (κ3) is 2.00. The third-order valence-corrected chi connectivity index (χ3v) is 3.03. The van der Waals surface area contributed by atoms with Crippen molar-refractivity contribution < 1.29 is 9.90 Å². The summed E-state index contributed by atoms with van der Waals surface area (Å²) in [6.45, 7) is 0. The van der Waals surface area contributed by atoms with Crippen molar-refractivity contribution in [1.82, 2.24) is 4.98 Å². The van der Waals surface area contributed by atoms with Crippen LogP contribution in [0.2, 0.25) is 5.15 Å². The van der Waals surface area contributed by atoms with Crippen molar-refractivity contribution in [2.75, 3.05) is 0 Å².